The number of carbonyl (C=O) groups excluding carboxylic acids is 4. The van der Waals surface area contributed by atoms with E-state index in [-0.39, 0.29) is 22.6 Å². The van der Waals surface area contributed by atoms with E-state index in [2.05, 4.69) is 5.32 Å². The number of anilines is 1. The van der Waals surface area contributed by atoms with Crippen molar-refractivity contribution in [3.63, 3.8) is 0 Å². The van der Waals surface area contributed by atoms with Gasteiger partial charge < -0.3 is 10.1 Å². The predicted octanol–water partition coefficient (Wildman–Crippen LogP) is 2.25. The summed E-state index contributed by atoms with van der Waals surface area (Å²) in [6, 6.07) is 5.56. The Hall–Kier alpha value is -2.12. The van der Waals surface area contributed by atoms with Crippen LogP contribution in [-0.4, -0.2) is 52.5 Å². The number of esters is 1. The van der Waals surface area contributed by atoms with E-state index in [0.29, 0.717) is 12.1 Å². The summed E-state index contributed by atoms with van der Waals surface area (Å²) in [5, 5.41) is 1.97. The van der Waals surface area contributed by atoms with Crippen molar-refractivity contribution in [1.82, 2.24) is 4.90 Å². The normalized spacial score (nSPS) is 31.8. The zero-order chi connectivity index (χ0) is 21.7. The molecule has 1 aromatic rings. The molecule has 2 saturated carbocycles. The first-order chi connectivity index (χ1) is 14.2. The van der Waals surface area contributed by atoms with Gasteiger partial charge in [0.05, 0.1) is 22.6 Å². The molecule has 1 aromatic carbocycles. The van der Waals surface area contributed by atoms with Gasteiger partial charge in [-0.25, -0.2) is 0 Å². The third-order valence-corrected chi connectivity index (χ3v) is 7.71. The smallest absolute Gasteiger partial charge is 0.326 e. The maximum atomic E-state index is 12.7. The highest BCUT2D eigenvalue weighted by Crippen LogP contribution is 2.59. The van der Waals surface area contributed by atoms with Crippen molar-refractivity contribution in [3.05, 3.63) is 29.3 Å². The monoisotopic (exact) mass is 452 g/mol. The second-order valence-electron chi connectivity index (χ2n) is 8.29. The van der Waals surface area contributed by atoms with Crippen molar-refractivity contribution in [3.8, 4) is 0 Å². The number of aryl methyl sites for hydroxylation is 2. The number of imide groups is 1. The van der Waals surface area contributed by atoms with Crippen LogP contribution in [0.3, 0.4) is 0 Å². The molecule has 2 aliphatic carbocycles. The number of ether oxygens (including phenoxy) is 1. The number of hydrogen-bond acceptors (Lipinski definition) is 5. The number of carbonyl (C=O) groups is 4. The van der Waals surface area contributed by atoms with Crippen LogP contribution in [0.1, 0.15) is 17.5 Å². The number of halogens is 2. The number of likely N-dealkylation sites (tertiary alicyclic amines) is 1. The second-order valence-corrected chi connectivity index (χ2v) is 9.30. The van der Waals surface area contributed by atoms with Crippen LogP contribution in [0.25, 0.3) is 0 Å². The molecule has 9 heteroatoms. The maximum Gasteiger partial charge on any atom is 0.326 e. The number of benzene rings is 1. The third kappa shape index (κ3) is 3.48. The van der Waals surface area contributed by atoms with Crippen molar-refractivity contribution in [2.45, 2.75) is 31.0 Å². The Balaban J connectivity index is 1.32. The van der Waals surface area contributed by atoms with E-state index in [4.69, 9.17) is 27.9 Å². The number of fused-ring (bicyclic) bond motifs is 5. The van der Waals surface area contributed by atoms with Gasteiger partial charge >= 0.3 is 5.97 Å². The van der Waals surface area contributed by atoms with Gasteiger partial charge in [0.2, 0.25) is 11.8 Å². The number of rotatable bonds is 5. The molecule has 30 heavy (non-hydrogen) atoms. The van der Waals surface area contributed by atoms with E-state index in [1.165, 1.54) is 0 Å². The number of nitrogens with one attached hydrogen (secondary N) is 1. The molecule has 3 fully saturated rings. The summed E-state index contributed by atoms with van der Waals surface area (Å²) < 4.78 is 4.98. The molecule has 3 amide bonds. The molecule has 6 atom stereocenters. The Kier molecular flexibility index (Phi) is 5.53. The van der Waals surface area contributed by atoms with Gasteiger partial charge in [-0.05, 0) is 43.7 Å². The van der Waals surface area contributed by atoms with Crippen LogP contribution >= 0.6 is 23.2 Å². The molecule has 0 spiro atoms. The topological polar surface area (TPSA) is 92.8 Å². The van der Waals surface area contributed by atoms with Gasteiger partial charge in [0, 0.05) is 5.69 Å². The molecule has 7 nitrogen and oxygen atoms in total. The van der Waals surface area contributed by atoms with Crippen LogP contribution in [0.4, 0.5) is 5.69 Å². The van der Waals surface area contributed by atoms with Gasteiger partial charge in [0.1, 0.15) is 6.54 Å². The molecule has 4 rings (SSSR count). The summed E-state index contributed by atoms with van der Waals surface area (Å²) in [6.45, 7) is 2.79. The highest BCUT2D eigenvalue weighted by molar-refractivity contribution is 6.31. The van der Waals surface area contributed by atoms with E-state index < -0.39 is 48.7 Å². The molecule has 3 aliphatic rings. The van der Waals surface area contributed by atoms with Gasteiger partial charge in [0.25, 0.3) is 5.91 Å². The van der Waals surface area contributed by atoms with Gasteiger partial charge in [-0.1, -0.05) is 17.7 Å². The summed E-state index contributed by atoms with van der Waals surface area (Å²) in [4.78, 5) is 50.7. The quantitative estimate of drug-likeness (QED) is 0.420. The molecular formula is C21H22Cl2N2O5. The molecule has 1 saturated heterocycles. The Morgan fingerprint density at radius 2 is 1.70 bits per heavy atom. The number of amides is 3. The minimum absolute atomic E-state index is 0.148. The number of alkyl halides is 2. The highest BCUT2D eigenvalue weighted by atomic mass is 35.5. The second kappa shape index (κ2) is 7.85. The van der Waals surface area contributed by atoms with Gasteiger partial charge in [-0.2, -0.15) is 0 Å². The van der Waals surface area contributed by atoms with Crippen LogP contribution in [0, 0.1) is 37.5 Å². The summed E-state index contributed by atoms with van der Waals surface area (Å²) >= 11 is 12.6. The van der Waals surface area contributed by atoms with Crippen LogP contribution in [0.2, 0.25) is 0 Å². The number of hydrogen-bond donors (Lipinski definition) is 1. The summed E-state index contributed by atoms with van der Waals surface area (Å²) in [5.74, 6) is -3.44. The standard InChI is InChI=1S/C21H22Cl2N2O5/c1-9-3-4-13(10(2)5-9)24-14(26)8-30-15(27)7-25-20(28)16-11-6-12(17(16)21(25)29)19(23)18(11)22/h3-5,11-12,16-19H,6-8H2,1-2H3,(H,24,26)/t11-,12-,16-,17-,18-,19+/m1/s1. The molecule has 0 radical (unpaired) electrons. The van der Waals surface area contributed by atoms with E-state index >= 15 is 0 Å². The fourth-order valence-corrected chi connectivity index (χ4v) is 5.92. The SMILES string of the molecule is Cc1ccc(NC(=O)COC(=O)CN2C(=O)[C@@H]3[C@H]4C[C@@H]([C@@H](Cl)[C@H]4Cl)[C@H]3C2=O)c(C)c1. The fourth-order valence-electron chi connectivity index (χ4n) is 5.03. The first kappa shape index (κ1) is 21.1. The lowest BCUT2D eigenvalue weighted by Crippen LogP contribution is -2.38. The first-order valence-corrected chi connectivity index (χ1v) is 10.7. The average molecular weight is 453 g/mol. The zero-order valence-corrected chi connectivity index (χ0v) is 18.1. The molecule has 160 valence electrons. The van der Waals surface area contributed by atoms with Gasteiger partial charge in [0.15, 0.2) is 6.61 Å². The predicted molar refractivity (Wildman–Crippen MR) is 110 cm³/mol. The lowest BCUT2D eigenvalue weighted by atomic mass is 9.80. The van der Waals surface area contributed by atoms with Crippen molar-refractivity contribution < 1.29 is 23.9 Å². The van der Waals surface area contributed by atoms with Crippen LogP contribution in [0.15, 0.2) is 18.2 Å². The minimum Gasteiger partial charge on any atom is -0.454 e. The van der Waals surface area contributed by atoms with Crippen LogP contribution < -0.4 is 5.32 Å². The Morgan fingerprint density at radius 1 is 1.10 bits per heavy atom. The zero-order valence-electron chi connectivity index (χ0n) is 16.6. The van der Waals surface area contributed by atoms with E-state index in [1.807, 2.05) is 26.0 Å². The van der Waals surface area contributed by atoms with Crippen LogP contribution in [0.5, 0.6) is 0 Å². The van der Waals surface area contributed by atoms with E-state index in [9.17, 15) is 19.2 Å². The van der Waals surface area contributed by atoms with E-state index in [1.54, 1.807) is 6.07 Å². The van der Waals surface area contributed by atoms with Crippen molar-refractivity contribution in [1.29, 1.82) is 0 Å². The summed E-state index contributed by atoms with van der Waals surface area (Å²) in [6.07, 6.45) is 0.659. The Morgan fingerprint density at radius 3 is 2.27 bits per heavy atom. The lowest BCUT2D eigenvalue weighted by molar-refractivity contribution is -0.154. The van der Waals surface area contributed by atoms with Crippen molar-refractivity contribution in [2.24, 2.45) is 23.7 Å². The van der Waals surface area contributed by atoms with Gasteiger partial charge in [-0.3, -0.25) is 24.1 Å². The Labute approximate surface area is 184 Å². The molecule has 1 N–H and O–H groups in total. The van der Waals surface area contributed by atoms with Crippen molar-refractivity contribution >= 4 is 52.6 Å². The Bertz CT molecular complexity index is 904. The van der Waals surface area contributed by atoms with Crippen LogP contribution in [-0.2, 0) is 23.9 Å². The molecule has 1 aliphatic heterocycles. The third-order valence-electron chi connectivity index (χ3n) is 6.39. The summed E-state index contributed by atoms with van der Waals surface area (Å²) in [5.41, 5.74) is 2.58. The lowest BCUT2D eigenvalue weighted by Gasteiger charge is -2.28. The molecule has 0 unspecified atom stereocenters. The maximum absolute atomic E-state index is 12.7. The molecule has 2 bridgehead atoms. The molecule has 1 heterocycles. The fraction of sp³-hybridized carbons (Fsp3) is 0.524. The van der Waals surface area contributed by atoms with Crippen molar-refractivity contribution in [2.75, 3.05) is 18.5 Å². The minimum atomic E-state index is -0.815. The largest absolute Gasteiger partial charge is 0.454 e. The van der Waals surface area contributed by atoms with Gasteiger partial charge in [-0.15, -0.1) is 23.2 Å². The highest BCUT2D eigenvalue weighted by Gasteiger charge is 2.66. The first-order valence-electron chi connectivity index (χ1n) is 9.85. The average Bonchev–Trinajstić information content (AvgIpc) is 3.29. The molecule has 0 aromatic heterocycles. The summed E-state index contributed by atoms with van der Waals surface area (Å²) in [7, 11) is 0. The number of nitrogens with zero attached hydrogens (tertiary/aromatic N) is 1. The molecular weight excluding hydrogens is 431 g/mol. The van der Waals surface area contributed by atoms with E-state index in [0.717, 1.165) is 16.0 Å².